The smallest absolute Gasteiger partial charge is 0.211 e. The van der Waals surface area contributed by atoms with E-state index in [9.17, 15) is 9.59 Å². The van der Waals surface area contributed by atoms with Crippen molar-refractivity contribution >= 4 is 57.3 Å². The van der Waals surface area contributed by atoms with Gasteiger partial charge in [-0.2, -0.15) is 0 Å². The molecule has 6 heteroatoms. The molecule has 17 heavy (non-hydrogen) atoms. The van der Waals surface area contributed by atoms with Crippen LogP contribution in [0.1, 0.15) is 0 Å². The summed E-state index contributed by atoms with van der Waals surface area (Å²) in [4.78, 5) is 22.1. The average Bonchev–Trinajstić information content (AvgIpc) is 2.80. The van der Waals surface area contributed by atoms with Gasteiger partial charge in [0.1, 0.15) is 0 Å². The van der Waals surface area contributed by atoms with Gasteiger partial charge in [-0.15, -0.1) is 23.5 Å². The van der Waals surface area contributed by atoms with E-state index >= 15 is 0 Å². The lowest BCUT2D eigenvalue weighted by Gasteiger charge is -2.08. The number of hydrogen-bond donors (Lipinski definition) is 0. The number of carbonyl (C=O) groups excluding carboxylic acids is 2. The monoisotopic (exact) mass is 306 g/mol. The van der Waals surface area contributed by atoms with Gasteiger partial charge in [0, 0.05) is 22.5 Å². The van der Waals surface area contributed by atoms with Crippen LogP contribution in [0.3, 0.4) is 0 Å². The van der Waals surface area contributed by atoms with Crippen LogP contribution in [0.2, 0.25) is 0 Å². The van der Waals surface area contributed by atoms with E-state index in [0.717, 1.165) is 17.3 Å². The van der Waals surface area contributed by atoms with Gasteiger partial charge < -0.3 is 0 Å². The molecule has 0 radical (unpaired) electrons. The van der Waals surface area contributed by atoms with Crippen LogP contribution >= 0.6 is 47.0 Å². The van der Waals surface area contributed by atoms with Crippen LogP contribution < -0.4 is 0 Å². The van der Waals surface area contributed by atoms with Crippen molar-refractivity contribution in [3.05, 3.63) is 25.3 Å². The quantitative estimate of drug-likeness (QED) is 0.702. The molecule has 0 amide bonds. The summed E-state index contributed by atoms with van der Waals surface area (Å²) >= 11 is 6.37. The van der Waals surface area contributed by atoms with Crippen molar-refractivity contribution in [3.63, 3.8) is 0 Å². The van der Waals surface area contributed by atoms with Crippen LogP contribution in [0.25, 0.3) is 0 Å². The van der Waals surface area contributed by atoms with Gasteiger partial charge in [0.2, 0.25) is 10.2 Å². The summed E-state index contributed by atoms with van der Waals surface area (Å²) in [7, 11) is 0. The molecule has 2 unspecified atom stereocenters. The summed E-state index contributed by atoms with van der Waals surface area (Å²) < 4.78 is 0.452. The fourth-order valence-corrected chi connectivity index (χ4v) is 6.45. The second-order valence-corrected chi connectivity index (χ2v) is 8.28. The summed E-state index contributed by atoms with van der Waals surface area (Å²) in [5, 5.41) is 0.569. The van der Waals surface area contributed by atoms with Crippen LogP contribution in [0.15, 0.2) is 25.3 Å². The lowest BCUT2D eigenvalue weighted by atomic mass is 10.5. The van der Waals surface area contributed by atoms with Crippen molar-refractivity contribution in [2.45, 2.75) is 9.83 Å². The molecule has 2 atom stereocenters. The highest BCUT2D eigenvalue weighted by Gasteiger charge is 2.26. The van der Waals surface area contributed by atoms with Gasteiger partial charge in [0.25, 0.3) is 0 Å². The molecule has 0 aromatic heterocycles. The normalized spacial score (nSPS) is 23.3. The third kappa shape index (κ3) is 6.08. The summed E-state index contributed by atoms with van der Waals surface area (Å²) in [5.41, 5.74) is 0. The Morgan fingerprint density at radius 3 is 2.35 bits per heavy atom. The molecule has 1 saturated heterocycles. The summed E-state index contributed by atoms with van der Waals surface area (Å²) in [6.45, 7) is 6.89. The summed E-state index contributed by atoms with van der Waals surface area (Å²) in [6.07, 6.45) is 2.71. The number of hydrogen-bond acceptors (Lipinski definition) is 6. The zero-order valence-corrected chi connectivity index (χ0v) is 12.6. The Kier molecular flexibility index (Phi) is 7.50. The standard InChI is InChI=1S/C11H14O2S4/c1-3-9(12)14-5-8-6-16-11(17-8)7-15-10(13)4-2/h3-4,8,11H,1-2,5-7H2. The van der Waals surface area contributed by atoms with E-state index in [1.807, 2.05) is 23.5 Å². The maximum Gasteiger partial charge on any atom is 0.211 e. The zero-order chi connectivity index (χ0) is 12.7. The van der Waals surface area contributed by atoms with Crippen molar-refractivity contribution in [3.8, 4) is 0 Å². The van der Waals surface area contributed by atoms with Gasteiger partial charge in [0.15, 0.2) is 0 Å². The number of carbonyl (C=O) groups is 2. The van der Waals surface area contributed by atoms with Crippen LogP contribution in [0, 0.1) is 0 Å². The Balaban J connectivity index is 2.18. The Morgan fingerprint density at radius 1 is 1.18 bits per heavy atom. The van der Waals surface area contributed by atoms with Crippen LogP contribution in [0.4, 0.5) is 0 Å². The lowest BCUT2D eigenvalue weighted by molar-refractivity contribution is -0.107. The molecular weight excluding hydrogens is 292 g/mol. The number of thioether (sulfide) groups is 4. The van der Waals surface area contributed by atoms with E-state index in [1.54, 1.807) is 0 Å². The maximum absolute atomic E-state index is 11.1. The molecule has 0 aliphatic carbocycles. The van der Waals surface area contributed by atoms with Crippen LogP contribution in [-0.2, 0) is 9.59 Å². The predicted octanol–water partition coefficient (Wildman–Crippen LogP) is 3.05. The van der Waals surface area contributed by atoms with Gasteiger partial charge in [0.05, 0.1) is 4.58 Å². The Hall–Kier alpha value is 0.220. The molecule has 1 fully saturated rings. The van der Waals surface area contributed by atoms with Gasteiger partial charge in [-0.25, -0.2) is 0 Å². The minimum Gasteiger partial charge on any atom is -0.282 e. The Bertz CT molecular complexity index is 287. The topological polar surface area (TPSA) is 34.1 Å². The molecule has 0 saturated carbocycles. The van der Waals surface area contributed by atoms with E-state index in [0.29, 0.717) is 9.83 Å². The molecule has 1 heterocycles. The second kappa shape index (κ2) is 8.34. The van der Waals surface area contributed by atoms with E-state index in [-0.39, 0.29) is 10.2 Å². The van der Waals surface area contributed by atoms with Crippen LogP contribution in [-0.4, -0.2) is 37.3 Å². The lowest BCUT2D eigenvalue weighted by Crippen LogP contribution is -2.07. The Morgan fingerprint density at radius 2 is 1.76 bits per heavy atom. The van der Waals surface area contributed by atoms with Crippen molar-refractivity contribution in [2.75, 3.05) is 17.3 Å². The van der Waals surface area contributed by atoms with Crippen molar-refractivity contribution < 1.29 is 9.59 Å². The average molecular weight is 306 g/mol. The third-order valence-electron chi connectivity index (χ3n) is 1.92. The fourth-order valence-electron chi connectivity index (χ4n) is 1.13. The summed E-state index contributed by atoms with van der Waals surface area (Å²) in [5.74, 6) is 2.70. The molecule has 0 bridgehead atoms. The number of rotatable bonds is 6. The highest BCUT2D eigenvalue weighted by atomic mass is 32.2. The molecule has 0 aromatic carbocycles. The van der Waals surface area contributed by atoms with Crippen molar-refractivity contribution in [1.82, 2.24) is 0 Å². The molecule has 0 spiro atoms. The molecular formula is C11H14O2S4. The van der Waals surface area contributed by atoms with Gasteiger partial charge >= 0.3 is 0 Å². The minimum atomic E-state index is 0.0332. The first-order valence-electron chi connectivity index (χ1n) is 5.01. The van der Waals surface area contributed by atoms with E-state index in [2.05, 4.69) is 13.2 Å². The largest absolute Gasteiger partial charge is 0.282 e. The van der Waals surface area contributed by atoms with Crippen LogP contribution in [0.5, 0.6) is 0 Å². The first-order valence-corrected chi connectivity index (χ1v) is 8.97. The van der Waals surface area contributed by atoms with E-state index in [4.69, 9.17) is 0 Å². The Labute approximate surface area is 119 Å². The third-order valence-corrected chi connectivity index (χ3v) is 7.80. The highest BCUT2D eigenvalue weighted by Crippen LogP contribution is 2.40. The summed E-state index contributed by atoms with van der Waals surface area (Å²) in [6, 6.07) is 0. The molecule has 0 N–H and O–H groups in total. The first kappa shape index (κ1) is 15.3. The molecule has 1 rings (SSSR count). The first-order chi connectivity index (χ1) is 8.15. The molecule has 1 aliphatic heterocycles. The van der Waals surface area contributed by atoms with Crippen molar-refractivity contribution in [1.29, 1.82) is 0 Å². The SMILES string of the molecule is C=CC(=O)SCC1CSC(CSC(=O)C=C)S1. The minimum absolute atomic E-state index is 0.0332. The van der Waals surface area contributed by atoms with Gasteiger partial charge in [-0.3, -0.25) is 9.59 Å². The van der Waals surface area contributed by atoms with Gasteiger partial charge in [-0.1, -0.05) is 36.7 Å². The fraction of sp³-hybridized carbons (Fsp3) is 0.455. The van der Waals surface area contributed by atoms with Gasteiger partial charge in [-0.05, 0) is 12.2 Å². The van der Waals surface area contributed by atoms with E-state index in [1.165, 1.54) is 35.7 Å². The maximum atomic E-state index is 11.1. The zero-order valence-electron chi connectivity index (χ0n) is 9.29. The molecule has 2 nitrogen and oxygen atoms in total. The molecule has 1 aliphatic rings. The molecule has 0 aromatic rings. The predicted molar refractivity (Wildman–Crippen MR) is 82.9 cm³/mol. The second-order valence-electron chi connectivity index (χ2n) is 3.19. The van der Waals surface area contributed by atoms with E-state index < -0.39 is 0 Å². The van der Waals surface area contributed by atoms with Crippen molar-refractivity contribution in [2.24, 2.45) is 0 Å². The highest BCUT2D eigenvalue weighted by molar-refractivity contribution is 8.23. The molecule has 94 valence electrons.